The van der Waals surface area contributed by atoms with Crippen LogP contribution in [0.25, 0.3) is 0 Å². The number of benzene rings is 1. The second kappa shape index (κ2) is 6.55. The lowest BCUT2D eigenvalue weighted by molar-refractivity contribution is -0.313. The van der Waals surface area contributed by atoms with Crippen LogP contribution in [0.15, 0.2) is 29.3 Å². The van der Waals surface area contributed by atoms with E-state index in [1.165, 1.54) is 0 Å². The molecular formula is C18H20NO5-. The molecule has 0 spiro atoms. The number of fused-ring (bicyclic) bond motifs is 1. The topological polar surface area (TPSA) is 87.7 Å². The van der Waals surface area contributed by atoms with Gasteiger partial charge in [-0.15, -0.1) is 0 Å². The van der Waals surface area contributed by atoms with Crippen LogP contribution in [-0.4, -0.2) is 18.7 Å². The van der Waals surface area contributed by atoms with Crippen molar-refractivity contribution in [2.45, 2.75) is 33.2 Å². The second-order valence-electron chi connectivity index (χ2n) is 6.41. The van der Waals surface area contributed by atoms with Gasteiger partial charge in [0, 0.05) is 24.3 Å². The van der Waals surface area contributed by atoms with Gasteiger partial charge in [-0.3, -0.25) is 4.79 Å². The van der Waals surface area contributed by atoms with E-state index in [0.29, 0.717) is 30.9 Å². The standard InChI is InChI=1S/C18H21NO5/c1-10-5-13(14(18(21)22)6-11(10)2)17(20)19-8-12-3-4-15-16(7-12)24-9-23-15/h3-4,7,13-14H,5-6,8-9H2,1-2H3,(H,19,20)(H,21,22)/p-1. The second-order valence-corrected chi connectivity index (χ2v) is 6.41. The Hall–Kier alpha value is -2.50. The predicted molar refractivity (Wildman–Crippen MR) is 84.0 cm³/mol. The van der Waals surface area contributed by atoms with E-state index in [4.69, 9.17) is 9.47 Å². The highest BCUT2D eigenvalue weighted by atomic mass is 16.7. The van der Waals surface area contributed by atoms with Crippen LogP contribution in [0.2, 0.25) is 0 Å². The third-order valence-electron chi connectivity index (χ3n) is 4.81. The van der Waals surface area contributed by atoms with Crippen molar-refractivity contribution in [3.05, 3.63) is 34.9 Å². The smallest absolute Gasteiger partial charge is 0.231 e. The lowest BCUT2D eigenvalue weighted by Crippen LogP contribution is -2.44. The van der Waals surface area contributed by atoms with Gasteiger partial charge < -0.3 is 24.7 Å². The highest BCUT2D eigenvalue weighted by Gasteiger charge is 2.33. The number of carboxylic acid groups (broad SMARTS) is 1. The molecule has 24 heavy (non-hydrogen) atoms. The molecule has 2 atom stereocenters. The molecule has 1 N–H and O–H groups in total. The maximum Gasteiger partial charge on any atom is 0.231 e. The lowest BCUT2D eigenvalue weighted by Gasteiger charge is -2.32. The van der Waals surface area contributed by atoms with Crippen LogP contribution in [-0.2, 0) is 16.1 Å². The van der Waals surface area contributed by atoms with Crippen molar-refractivity contribution in [1.82, 2.24) is 5.32 Å². The van der Waals surface area contributed by atoms with Crippen molar-refractivity contribution in [3.8, 4) is 11.5 Å². The van der Waals surface area contributed by atoms with Crippen molar-refractivity contribution in [2.24, 2.45) is 11.8 Å². The molecule has 6 nitrogen and oxygen atoms in total. The Morgan fingerprint density at radius 3 is 2.50 bits per heavy atom. The molecule has 0 saturated heterocycles. The van der Waals surface area contributed by atoms with E-state index in [9.17, 15) is 14.7 Å². The predicted octanol–water partition coefficient (Wildman–Crippen LogP) is 1.14. The van der Waals surface area contributed by atoms with E-state index in [1.54, 1.807) is 6.07 Å². The molecule has 128 valence electrons. The van der Waals surface area contributed by atoms with Gasteiger partial charge >= 0.3 is 0 Å². The summed E-state index contributed by atoms with van der Waals surface area (Å²) in [5, 5.41) is 14.2. The fourth-order valence-electron chi connectivity index (χ4n) is 3.19. The summed E-state index contributed by atoms with van der Waals surface area (Å²) in [5.74, 6) is -1.44. The molecule has 2 unspecified atom stereocenters. The molecule has 2 aliphatic rings. The number of hydrogen-bond acceptors (Lipinski definition) is 5. The van der Waals surface area contributed by atoms with Crippen molar-refractivity contribution >= 4 is 11.9 Å². The van der Waals surface area contributed by atoms with Gasteiger partial charge in [-0.1, -0.05) is 17.2 Å². The van der Waals surface area contributed by atoms with Crippen LogP contribution in [0.4, 0.5) is 0 Å². The number of rotatable bonds is 4. The fourth-order valence-corrected chi connectivity index (χ4v) is 3.19. The number of nitrogens with one attached hydrogen (secondary N) is 1. The van der Waals surface area contributed by atoms with Gasteiger partial charge in [-0.05, 0) is 44.4 Å². The Morgan fingerprint density at radius 1 is 1.12 bits per heavy atom. The van der Waals surface area contributed by atoms with Gasteiger partial charge in [-0.25, -0.2) is 0 Å². The molecule has 0 bridgehead atoms. The van der Waals surface area contributed by atoms with Gasteiger partial charge in [0.15, 0.2) is 11.5 Å². The van der Waals surface area contributed by atoms with E-state index in [-0.39, 0.29) is 12.7 Å². The summed E-state index contributed by atoms with van der Waals surface area (Å²) in [6.07, 6.45) is 0.827. The molecule has 0 fully saturated rings. The highest BCUT2D eigenvalue weighted by molar-refractivity contribution is 5.85. The summed E-state index contributed by atoms with van der Waals surface area (Å²) in [4.78, 5) is 23.9. The van der Waals surface area contributed by atoms with Crippen LogP contribution in [0.3, 0.4) is 0 Å². The number of aliphatic carboxylic acids is 1. The maximum atomic E-state index is 12.5. The molecule has 1 amide bonds. The van der Waals surface area contributed by atoms with E-state index in [1.807, 2.05) is 26.0 Å². The highest BCUT2D eigenvalue weighted by Crippen LogP contribution is 2.34. The zero-order chi connectivity index (χ0) is 17.3. The molecule has 1 aromatic rings. The van der Waals surface area contributed by atoms with E-state index >= 15 is 0 Å². The number of hydrogen-bond donors (Lipinski definition) is 1. The fraction of sp³-hybridized carbons (Fsp3) is 0.444. The van der Waals surface area contributed by atoms with Crippen molar-refractivity contribution < 1.29 is 24.2 Å². The molecule has 1 aliphatic heterocycles. The summed E-state index contributed by atoms with van der Waals surface area (Å²) in [6.45, 7) is 4.37. The zero-order valence-electron chi connectivity index (χ0n) is 13.8. The molecule has 1 aromatic carbocycles. The Balaban J connectivity index is 1.66. The van der Waals surface area contributed by atoms with Gasteiger partial charge in [0.1, 0.15) is 0 Å². The summed E-state index contributed by atoms with van der Waals surface area (Å²) in [5.41, 5.74) is 2.98. The van der Waals surface area contributed by atoms with Crippen LogP contribution < -0.4 is 19.9 Å². The molecule has 6 heteroatoms. The first-order valence-electron chi connectivity index (χ1n) is 7.98. The molecule has 0 saturated carbocycles. The quantitative estimate of drug-likeness (QED) is 0.837. The van der Waals surface area contributed by atoms with E-state index in [0.717, 1.165) is 16.7 Å². The number of ether oxygens (including phenoxy) is 2. The normalized spacial score (nSPS) is 22.4. The van der Waals surface area contributed by atoms with Crippen molar-refractivity contribution in [3.63, 3.8) is 0 Å². The van der Waals surface area contributed by atoms with Crippen LogP contribution in [0, 0.1) is 11.8 Å². The minimum Gasteiger partial charge on any atom is -0.550 e. The average Bonchev–Trinajstić information content (AvgIpc) is 3.02. The zero-order valence-corrected chi connectivity index (χ0v) is 13.8. The Morgan fingerprint density at radius 2 is 1.79 bits per heavy atom. The SMILES string of the molecule is CC1=C(C)CC(C(=O)NCc2ccc3c(c2)OCO3)C(C(=O)[O-])C1. The summed E-state index contributed by atoms with van der Waals surface area (Å²) < 4.78 is 10.6. The van der Waals surface area contributed by atoms with E-state index in [2.05, 4.69) is 5.32 Å². The molecule has 1 heterocycles. The van der Waals surface area contributed by atoms with Gasteiger partial charge in [0.25, 0.3) is 0 Å². The van der Waals surface area contributed by atoms with Gasteiger partial charge in [0.2, 0.25) is 12.7 Å². The summed E-state index contributed by atoms with van der Waals surface area (Å²) in [7, 11) is 0. The summed E-state index contributed by atoms with van der Waals surface area (Å²) in [6, 6.07) is 5.46. The van der Waals surface area contributed by atoms with Crippen molar-refractivity contribution in [1.29, 1.82) is 0 Å². The van der Waals surface area contributed by atoms with Crippen LogP contribution >= 0.6 is 0 Å². The molecule has 0 aromatic heterocycles. The molecular weight excluding hydrogens is 310 g/mol. The first-order valence-corrected chi connectivity index (χ1v) is 7.98. The largest absolute Gasteiger partial charge is 0.550 e. The molecule has 3 rings (SSSR count). The lowest BCUT2D eigenvalue weighted by atomic mass is 9.76. The number of carboxylic acids is 1. The van der Waals surface area contributed by atoms with Gasteiger partial charge in [0.05, 0.1) is 0 Å². The Labute approximate surface area is 140 Å². The molecule has 1 aliphatic carbocycles. The third-order valence-corrected chi connectivity index (χ3v) is 4.81. The van der Waals surface area contributed by atoms with Gasteiger partial charge in [-0.2, -0.15) is 0 Å². The van der Waals surface area contributed by atoms with Crippen molar-refractivity contribution in [2.75, 3.05) is 6.79 Å². The first kappa shape index (κ1) is 16.4. The average molecular weight is 330 g/mol. The van der Waals surface area contributed by atoms with E-state index < -0.39 is 17.8 Å². The Bertz CT molecular complexity index is 709. The summed E-state index contributed by atoms with van der Waals surface area (Å²) >= 11 is 0. The number of amides is 1. The molecule has 0 radical (unpaired) electrons. The monoisotopic (exact) mass is 330 g/mol. The number of carbonyl (C=O) groups excluding carboxylic acids is 2. The minimum atomic E-state index is -1.16. The van der Waals surface area contributed by atoms with Crippen LogP contribution in [0.5, 0.6) is 11.5 Å². The third kappa shape index (κ3) is 3.22. The van der Waals surface area contributed by atoms with Crippen LogP contribution in [0.1, 0.15) is 32.3 Å². The Kier molecular flexibility index (Phi) is 4.46. The minimum absolute atomic E-state index is 0.200. The first-order chi connectivity index (χ1) is 11.5. The number of carbonyl (C=O) groups is 2. The maximum absolute atomic E-state index is 12.5. The number of allylic oxidation sites excluding steroid dienone is 2.